The molecule has 1 aliphatic rings. The topological polar surface area (TPSA) is 104 Å². The Hall–Kier alpha value is -0.460. The molecule has 22 heavy (non-hydrogen) atoms. The highest BCUT2D eigenvalue weighted by Crippen LogP contribution is 2.46. The van der Waals surface area contributed by atoms with Gasteiger partial charge in [0, 0.05) is 12.3 Å². The number of hydrogen-bond donors (Lipinski definition) is 3. The van der Waals surface area contributed by atoms with Crippen molar-refractivity contribution in [3.8, 4) is 0 Å². The number of amides is 3. The minimum atomic E-state index is -0.821. The second-order valence-electron chi connectivity index (χ2n) is 5.59. The van der Waals surface area contributed by atoms with Gasteiger partial charge in [0.25, 0.3) is 11.8 Å². The van der Waals surface area contributed by atoms with Crippen LogP contribution in [-0.4, -0.2) is 37.6 Å². The molecule has 1 aliphatic carbocycles. The van der Waals surface area contributed by atoms with E-state index in [1.165, 1.54) is 6.92 Å². The average molecular weight is 535 g/mol. The van der Waals surface area contributed by atoms with Crippen LogP contribution in [0.1, 0.15) is 33.6 Å². The van der Waals surface area contributed by atoms with Crippen molar-refractivity contribution in [2.45, 2.75) is 47.8 Å². The summed E-state index contributed by atoms with van der Waals surface area (Å²) in [5, 5.41) is 7.52. The summed E-state index contributed by atoms with van der Waals surface area (Å²) in [6.07, 6.45) is 1.70. The number of hydrogen-bond acceptors (Lipinski definition) is 4. The van der Waals surface area contributed by atoms with Crippen molar-refractivity contribution < 1.29 is 19.2 Å². The van der Waals surface area contributed by atoms with Crippen LogP contribution in [0, 0.1) is 5.41 Å². The van der Waals surface area contributed by atoms with E-state index in [1.54, 1.807) is 52.1 Å². The Balaban J connectivity index is 2.46. The molecule has 3 unspecified atom stereocenters. The molecule has 1 rings (SSSR count). The van der Waals surface area contributed by atoms with Crippen molar-refractivity contribution in [2.75, 3.05) is 0 Å². The Morgan fingerprint density at radius 1 is 0.955 bits per heavy atom. The monoisotopic (exact) mass is 535 g/mol. The van der Waals surface area contributed by atoms with E-state index >= 15 is 0 Å². The van der Waals surface area contributed by atoms with E-state index in [2.05, 4.69) is 16.0 Å². The maximum Gasteiger partial charge on any atom is 0.254 e. The number of ketones is 1. The highest BCUT2D eigenvalue weighted by atomic mass is 127. The quantitative estimate of drug-likeness (QED) is 0.253. The van der Waals surface area contributed by atoms with E-state index < -0.39 is 26.0 Å². The highest BCUT2D eigenvalue weighted by Gasteiger charge is 2.46. The molecule has 0 spiro atoms. The summed E-state index contributed by atoms with van der Waals surface area (Å²) >= 11 is 3.53. The molecule has 0 saturated heterocycles. The van der Waals surface area contributed by atoms with Crippen LogP contribution in [0.25, 0.3) is 0 Å². The van der Waals surface area contributed by atoms with Gasteiger partial charge in [0.2, 0.25) is 5.91 Å². The predicted molar refractivity (Wildman–Crippen MR) is 97.5 cm³/mol. The zero-order chi connectivity index (χ0) is 17.1. The van der Waals surface area contributed by atoms with Crippen LogP contribution in [0.3, 0.4) is 0 Å². The predicted octanol–water partition coefficient (Wildman–Crippen LogP) is 0.635. The van der Waals surface area contributed by atoms with Crippen LogP contribution >= 0.6 is 45.2 Å². The molecule has 0 aliphatic heterocycles. The van der Waals surface area contributed by atoms with Gasteiger partial charge in [0.05, 0.1) is 6.04 Å². The zero-order valence-electron chi connectivity index (χ0n) is 12.5. The van der Waals surface area contributed by atoms with Gasteiger partial charge in [-0.3, -0.25) is 19.2 Å². The second-order valence-corrected chi connectivity index (χ2v) is 8.08. The maximum atomic E-state index is 12.1. The molecule has 0 aromatic rings. The fraction of sp³-hybridized carbons (Fsp3) is 0.692. The summed E-state index contributed by atoms with van der Waals surface area (Å²) < 4.78 is -1.58. The molecular formula is C13H19I2N3O4. The number of rotatable bonds is 7. The summed E-state index contributed by atoms with van der Waals surface area (Å²) in [6.45, 7) is 4.84. The first kappa shape index (κ1) is 19.6. The van der Waals surface area contributed by atoms with Crippen LogP contribution in [-0.2, 0) is 19.2 Å². The molecule has 0 aromatic heterocycles. The van der Waals surface area contributed by atoms with Crippen molar-refractivity contribution in [1.82, 2.24) is 16.0 Å². The fourth-order valence-corrected chi connectivity index (χ4v) is 2.92. The first-order valence-corrected chi connectivity index (χ1v) is 9.26. The van der Waals surface area contributed by atoms with Gasteiger partial charge >= 0.3 is 0 Å². The smallest absolute Gasteiger partial charge is 0.254 e. The first-order chi connectivity index (χ1) is 10.1. The number of carbonyl (C=O) groups is 4. The third kappa shape index (κ3) is 5.63. The van der Waals surface area contributed by atoms with Crippen LogP contribution in [0.5, 0.6) is 0 Å². The van der Waals surface area contributed by atoms with Crippen LogP contribution in [0.15, 0.2) is 0 Å². The number of Topliss-reactive ketones (excluding diaryl/α,β-unsaturated/α-hetero) is 1. The number of alkyl halides is 2. The van der Waals surface area contributed by atoms with Gasteiger partial charge in [0.1, 0.15) is 0 Å². The van der Waals surface area contributed by atoms with Gasteiger partial charge in [-0.1, -0.05) is 6.92 Å². The molecule has 3 N–H and O–H groups in total. The second kappa shape index (κ2) is 7.88. The lowest BCUT2D eigenvalue weighted by molar-refractivity contribution is -0.131. The van der Waals surface area contributed by atoms with Crippen LogP contribution < -0.4 is 16.0 Å². The molecule has 7 nitrogen and oxygen atoms in total. The Morgan fingerprint density at radius 3 is 1.86 bits per heavy atom. The summed E-state index contributed by atoms with van der Waals surface area (Å²) in [7, 11) is 0. The Labute approximate surface area is 156 Å². The molecule has 3 amide bonds. The van der Waals surface area contributed by atoms with Crippen LogP contribution in [0.2, 0.25) is 0 Å². The maximum absolute atomic E-state index is 12.1. The van der Waals surface area contributed by atoms with E-state index in [9.17, 15) is 19.2 Å². The van der Waals surface area contributed by atoms with E-state index in [0.717, 1.165) is 12.8 Å². The minimum absolute atomic E-state index is 0.0146. The molecule has 1 saturated carbocycles. The molecule has 9 heteroatoms. The SMILES string of the molecule is CC(=O)NC(I)C(=O)NC(I)C(=O)NC(C)C(=O)C1(C)CC1. The molecule has 3 atom stereocenters. The van der Waals surface area contributed by atoms with Gasteiger partial charge < -0.3 is 16.0 Å². The number of carbonyl (C=O) groups excluding carboxylic acids is 4. The lowest BCUT2D eigenvalue weighted by atomic mass is 9.98. The third-order valence-electron chi connectivity index (χ3n) is 3.41. The molecule has 1 fully saturated rings. The lowest BCUT2D eigenvalue weighted by Crippen LogP contribution is -2.52. The van der Waals surface area contributed by atoms with Gasteiger partial charge in [-0.15, -0.1) is 0 Å². The molecule has 0 bridgehead atoms. The standard InChI is InChI=1S/C13H19I2N3O4/c1-6(8(20)13(3)4-5-13)16-11(21)10(15)18-12(22)9(14)17-7(2)19/h6,9-10H,4-5H2,1-3H3,(H,16,21)(H,17,19)(H,18,22). The van der Waals surface area contributed by atoms with E-state index in [-0.39, 0.29) is 17.1 Å². The summed E-state index contributed by atoms with van der Waals surface area (Å²) in [5.74, 6) is -1.23. The van der Waals surface area contributed by atoms with E-state index in [0.29, 0.717) is 0 Å². The third-order valence-corrected chi connectivity index (χ3v) is 5.16. The Bertz CT molecular complexity index is 494. The Kier molecular flexibility index (Phi) is 7.02. The van der Waals surface area contributed by atoms with Gasteiger partial charge in [-0.2, -0.15) is 0 Å². The average Bonchev–Trinajstić information content (AvgIpc) is 3.15. The van der Waals surface area contributed by atoms with E-state index in [1.807, 2.05) is 6.92 Å². The molecule has 124 valence electrons. The van der Waals surface area contributed by atoms with Gasteiger partial charge in [-0.25, -0.2) is 0 Å². The summed E-state index contributed by atoms with van der Waals surface area (Å²) in [4.78, 5) is 46.8. The number of halogens is 2. The van der Waals surface area contributed by atoms with Crippen molar-refractivity contribution in [3.05, 3.63) is 0 Å². The molecule has 0 radical (unpaired) electrons. The molecular weight excluding hydrogens is 516 g/mol. The Morgan fingerprint density at radius 2 is 1.41 bits per heavy atom. The summed E-state index contributed by atoms with van der Waals surface area (Å²) in [6, 6.07) is -0.583. The zero-order valence-corrected chi connectivity index (χ0v) is 16.9. The summed E-state index contributed by atoms with van der Waals surface area (Å²) in [5.41, 5.74) is -0.310. The van der Waals surface area contributed by atoms with Crippen molar-refractivity contribution in [1.29, 1.82) is 0 Å². The minimum Gasteiger partial charge on any atom is -0.344 e. The van der Waals surface area contributed by atoms with Crippen molar-refractivity contribution >= 4 is 68.7 Å². The first-order valence-electron chi connectivity index (χ1n) is 6.77. The van der Waals surface area contributed by atoms with E-state index in [4.69, 9.17) is 0 Å². The molecule has 0 heterocycles. The fourth-order valence-electron chi connectivity index (χ4n) is 1.82. The van der Waals surface area contributed by atoms with Crippen molar-refractivity contribution in [2.24, 2.45) is 5.41 Å². The number of nitrogens with one attached hydrogen (secondary N) is 3. The lowest BCUT2D eigenvalue weighted by Gasteiger charge is -2.20. The molecule has 0 aromatic carbocycles. The van der Waals surface area contributed by atoms with Gasteiger partial charge in [-0.05, 0) is 64.9 Å². The highest BCUT2D eigenvalue weighted by molar-refractivity contribution is 14.1. The normalized spacial score (nSPS) is 19.3. The van der Waals surface area contributed by atoms with Crippen LogP contribution in [0.4, 0.5) is 0 Å². The van der Waals surface area contributed by atoms with Crippen molar-refractivity contribution in [3.63, 3.8) is 0 Å². The largest absolute Gasteiger partial charge is 0.344 e. The van der Waals surface area contributed by atoms with Gasteiger partial charge in [0.15, 0.2) is 13.9 Å².